The third-order valence-electron chi connectivity index (χ3n) is 5.89. The molecule has 6 nitrogen and oxygen atoms in total. The number of hydrogen-bond donors (Lipinski definition) is 2. The Morgan fingerprint density at radius 2 is 0.941 bits per heavy atom. The largest absolute Gasteiger partial charge is 0.369 e. The highest BCUT2D eigenvalue weighted by Gasteiger charge is 2.05. The normalized spacial score (nSPS) is 11.2. The third-order valence-corrected chi connectivity index (χ3v) is 6.36. The van der Waals surface area contributed by atoms with E-state index in [2.05, 4.69) is 30.6 Å². The van der Waals surface area contributed by atoms with Gasteiger partial charge in [0.05, 0.1) is 11.0 Å². The molecule has 0 amide bonds. The van der Waals surface area contributed by atoms with Crippen LogP contribution in [0.2, 0.25) is 10.0 Å². The first-order valence-corrected chi connectivity index (χ1v) is 12.7. The van der Waals surface area contributed by atoms with Gasteiger partial charge >= 0.3 is 0 Å². The highest BCUT2D eigenvalue weighted by atomic mass is 35.5. The molecular weight excluding hydrogens is 467 g/mol. The quantitative estimate of drug-likeness (QED) is 0.186. The van der Waals surface area contributed by atoms with Crippen molar-refractivity contribution in [3.05, 3.63) is 59.1 Å². The molecule has 4 aromatic rings. The smallest absolute Gasteiger partial charge is 0.137 e. The minimum absolute atomic E-state index is 0.693. The molecule has 0 aliphatic rings. The number of halogens is 2. The second kappa shape index (κ2) is 12.7. The van der Waals surface area contributed by atoms with Crippen LogP contribution < -0.4 is 10.6 Å². The maximum absolute atomic E-state index is 6.05. The zero-order valence-electron chi connectivity index (χ0n) is 19.2. The van der Waals surface area contributed by atoms with Crippen LogP contribution in [0.3, 0.4) is 0 Å². The third kappa shape index (κ3) is 6.90. The lowest BCUT2D eigenvalue weighted by Gasteiger charge is -2.09. The summed E-state index contributed by atoms with van der Waals surface area (Å²) in [4.78, 5) is 17.3. The molecule has 4 rings (SSSR count). The van der Waals surface area contributed by atoms with Crippen molar-refractivity contribution in [1.29, 1.82) is 0 Å². The SMILES string of the molecule is Clc1ccc2c(NCCCCCCCCCCNc3ncnc4cc(Cl)ccc34)ncnc2c1. The van der Waals surface area contributed by atoms with E-state index in [1.165, 1.54) is 38.5 Å². The van der Waals surface area contributed by atoms with Gasteiger partial charge in [-0.2, -0.15) is 0 Å². The van der Waals surface area contributed by atoms with Crippen molar-refractivity contribution in [1.82, 2.24) is 19.9 Å². The van der Waals surface area contributed by atoms with Gasteiger partial charge in [0.25, 0.3) is 0 Å². The lowest BCUT2D eigenvalue weighted by Crippen LogP contribution is -2.04. The standard InChI is InChI=1S/C26H30Cl2N6/c27-19-9-11-21-23(15-19)31-17-33-25(21)29-13-7-5-3-1-2-4-6-8-14-30-26-22-12-10-20(28)16-24(22)32-18-34-26/h9-12,15-18H,1-8,13-14H2,(H,29,31,33)(H,30,32,34). The van der Waals surface area contributed by atoms with Crippen LogP contribution in [0.15, 0.2) is 49.1 Å². The number of benzene rings is 2. The first-order chi connectivity index (χ1) is 16.7. The Hall–Kier alpha value is -2.70. The summed E-state index contributed by atoms with van der Waals surface area (Å²) in [5.74, 6) is 1.77. The number of unbranched alkanes of at least 4 members (excludes halogenated alkanes) is 7. The average Bonchev–Trinajstić information content (AvgIpc) is 2.84. The average molecular weight is 497 g/mol. The van der Waals surface area contributed by atoms with Crippen LogP contribution in [-0.4, -0.2) is 33.0 Å². The van der Waals surface area contributed by atoms with Crippen LogP contribution in [0.25, 0.3) is 21.8 Å². The van der Waals surface area contributed by atoms with E-state index < -0.39 is 0 Å². The molecule has 0 aliphatic heterocycles. The fraction of sp³-hybridized carbons (Fsp3) is 0.385. The Labute approximate surface area is 210 Å². The molecule has 0 fully saturated rings. The number of nitrogens with one attached hydrogen (secondary N) is 2. The molecule has 0 unspecified atom stereocenters. The topological polar surface area (TPSA) is 75.6 Å². The Balaban J connectivity index is 1.04. The molecule has 2 aromatic carbocycles. The highest BCUT2D eigenvalue weighted by molar-refractivity contribution is 6.31. The van der Waals surface area contributed by atoms with Crippen LogP contribution in [0.5, 0.6) is 0 Å². The summed E-state index contributed by atoms with van der Waals surface area (Å²) in [5, 5.41) is 10.3. The van der Waals surface area contributed by atoms with E-state index in [9.17, 15) is 0 Å². The summed E-state index contributed by atoms with van der Waals surface area (Å²) in [6, 6.07) is 11.4. The number of aromatic nitrogens is 4. The molecule has 0 atom stereocenters. The van der Waals surface area contributed by atoms with E-state index in [0.29, 0.717) is 10.0 Å². The van der Waals surface area contributed by atoms with E-state index >= 15 is 0 Å². The summed E-state index contributed by atoms with van der Waals surface area (Å²) in [5.41, 5.74) is 1.74. The molecule has 0 radical (unpaired) electrons. The molecule has 2 aromatic heterocycles. The van der Waals surface area contributed by atoms with E-state index in [4.69, 9.17) is 23.2 Å². The zero-order chi connectivity index (χ0) is 23.6. The van der Waals surface area contributed by atoms with Crippen molar-refractivity contribution in [3.8, 4) is 0 Å². The van der Waals surface area contributed by atoms with Gasteiger partial charge in [-0.25, -0.2) is 19.9 Å². The fourth-order valence-corrected chi connectivity index (χ4v) is 4.40. The molecular formula is C26H30Cl2N6. The van der Waals surface area contributed by atoms with Gasteiger partial charge in [-0.05, 0) is 49.2 Å². The van der Waals surface area contributed by atoms with Gasteiger partial charge < -0.3 is 10.6 Å². The van der Waals surface area contributed by atoms with E-state index in [-0.39, 0.29) is 0 Å². The van der Waals surface area contributed by atoms with E-state index in [1.54, 1.807) is 12.7 Å². The summed E-state index contributed by atoms with van der Waals surface area (Å²) in [6.07, 6.45) is 13.0. The maximum atomic E-state index is 6.05. The van der Waals surface area contributed by atoms with Gasteiger partial charge in [0, 0.05) is 33.9 Å². The molecule has 2 N–H and O–H groups in total. The van der Waals surface area contributed by atoms with Crippen LogP contribution in [0.1, 0.15) is 51.4 Å². The van der Waals surface area contributed by atoms with Gasteiger partial charge in [-0.1, -0.05) is 61.7 Å². The maximum Gasteiger partial charge on any atom is 0.137 e. The number of anilines is 2. The summed E-state index contributed by atoms with van der Waals surface area (Å²) < 4.78 is 0. The van der Waals surface area contributed by atoms with Crippen molar-refractivity contribution in [3.63, 3.8) is 0 Å². The summed E-state index contributed by atoms with van der Waals surface area (Å²) >= 11 is 12.1. The Kier molecular flexibility index (Phi) is 9.11. The minimum atomic E-state index is 0.693. The molecule has 0 saturated carbocycles. The number of nitrogens with zero attached hydrogens (tertiary/aromatic N) is 4. The van der Waals surface area contributed by atoms with Crippen molar-refractivity contribution < 1.29 is 0 Å². The lowest BCUT2D eigenvalue weighted by atomic mass is 10.1. The first kappa shape index (κ1) is 24.4. The molecule has 0 aliphatic carbocycles. The highest BCUT2D eigenvalue weighted by Crippen LogP contribution is 2.23. The lowest BCUT2D eigenvalue weighted by molar-refractivity contribution is 0.577. The Bertz CT molecular complexity index is 1120. The number of rotatable bonds is 13. The van der Waals surface area contributed by atoms with Gasteiger partial charge in [0.15, 0.2) is 0 Å². The predicted molar refractivity (Wildman–Crippen MR) is 143 cm³/mol. The second-order valence-electron chi connectivity index (χ2n) is 8.45. The van der Waals surface area contributed by atoms with Crippen molar-refractivity contribution in [2.45, 2.75) is 51.4 Å². The van der Waals surface area contributed by atoms with Crippen molar-refractivity contribution >= 4 is 56.6 Å². The molecule has 34 heavy (non-hydrogen) atoms. The van der Waals surface area contributed by atoms with Crippen molar-refractivity contribution in [2.75, 3.05) is 23.7 Å². The molecule has 8 heteroatoms. The van der Waals surface area contributed by atoms with E-state index in [0.717, 1.165) is 59.4 Å². The molecule has 2 heterocycles. The van der Waals surface area contributed by atoms with Crippen LogP contribution >= 0.6 is 23.2 Å². The van der Waals surface area contributed by atoms with Gasteiger partial charge in [0.2, 0.25) is 0 Å². The predicted octanol–water partition coefficient (Wildman–Crippen LogP) is 7.52. The Morgan fingerprint density at radius 3 is 1.38 bits per heavy atom. The number of hydrogen-bond acceptors (Lipinski definition) is 6. The summed E-state index contributed by atoms with van der Waals surface area (Å²) in [7, 11) is 0. The monoisotopic (exact) mass is 496 g/mol. The van der Waals surface area contributed by atoms with Crippen LogP contribution in [-0.2, 0) is 0 Å². The molecule has 0 bridgehead atoms. The molecule has 0 saturated heterocycles. The van der Waals surface area contributed by atoms with Crippen LogP contribution in [0, 0.1) is 0 Å². The Morgan fingerprint density at radius 1 is 0.529 bits per heavy atom. The van der Waals surface area contributed by atoms with Gasteiger partial charge in [-0.15, -0.1) is 0 Å². The second-order valence-corrected chi connectivity index (χ2v) is 9.32. The van der Waals surface area contributed by atoms with Crippen molar-refractivity contribution in [2.24, 2.45) is 0 Å². The minimum Gasteiger partial charge on any atom is -0.369 e. The van der Waals surface area contributed by atoms with Gasteiger partial charge in [-0.3, -0.25) is 0 Å². The molecule has 0 spiro atoms. The number of fused-ring (bicyclic) bond motifs is 2. The first-order valence-electron chi connectivity index (χ1n) is 12.0. The summed E-state index contributed by atoms with van der Waals surface area (Å²) in [6.45, 7) is 1.84. The van der Waals surface area contributed by atoms with Crippen LogP contribution in [0.4, 0.5) is 11.6 Å². The van der Waals surface area contributed by atoms with E-state index in [1.807, 2.05) is 36.4 Å². The zero-order valence-corrected chi connectivity index (χ0v) is 20.7. The fourth-order valence-electron chi connectivity index (χ4n) is 4.07. The van der Waals surface area contributed by atoms with Gasteiger partial charge in [0.1, 0.15) is 24.3 Å². The molecule has 178 valence electrons.